The lowest BCUT2D eigenvalue weighted by Crippen LogP contribution is -2.44. The molecule has 2 fully saturated rings. The van der Waals surface area contributed by atoms with E-state index in [-0.39, 0.29) is 6.42 Å². The van der Waals surface area contributed by atoms with Gasteiger partial charge in [-0.1, -0.05) is 19.3 Å². The van der Waals surface area contributed by atoms with Crippen LogP contribution in [0.3, 0.4) is 0 Å². The number of aliphatic hydroxyl groups excluding tert-OH is 1. The molecule has 0 radical (unpaired) electrons. The first-order valence-corrected chi connectivity index (χ1v) is 6.24. The molecule has 0 unspecified atom stereocenters. The standard InChI is InChI=1S/C12H17F2NO3/c13-12(14,8-16)7-15-9(17)6-11(10(15)18)4-2-1-3-5-11/h16H,1-8H2. The van der Waals surface area contributed by atoms with Gasteiger partial charge >= 0.3 is 0 Å². The fraction of sp³-hybridized carbons (Fsp3) is 0.833. The number of imide groups is 1. The van der Waals surface area contributed by atoms with Crippen LogP contribution in [0.4, 0.5) is 8.78 Å². The summed E-state index contributed by atoms with van der Waals surface area (Å²) in [5.41, 5.74) is -0.735. The van der Waals surface area contributed by atoms with Crippen molar-refractivity contribution in [3.63, 3.8) is 0 Å². The van der Waals surface area contributed by atoms with E-state index in [9.17, 15) is 18.4 Å². The highest BCUT2D eigenvalue weighted by Crippen LogP contribution is 2.45. The van der Waals surface area contributed by atoms with Crippen molar-refractivity contribution in [2.24, 2.45) is 5.41 Å². The van der Waals surface area contributed by atoms with Crippen LogP contribution in [0, 0.1) is 5.41 Å². The molecule has 18 heavy (non-hydrogen) atoms. The van der Waals surface area contributed by atoms with Crippen LogP contribution in [0.2, 0.25) is 0 Å². The number of hydrogen-bond donors (Lipinski definition) is 1. The zero-order valence-corrected chi connectivity index (χ0v) is 10.1. The van der Waals surface area contributed by atoms with Crippen LogP contribution in [0.5, 0.6) is 0 Å². The Labute approximate surface area is 104 Å². The number of likely N-dealkylation sites (tertiary alicyclic amines) is 1. The third kappa shape index (κ3) is 2.25. The van der Waals surface area contributed by atoms with Gasteiger partial charge in [0.15, 0.2) is 0 Å². The molecule has 2 aliphatic rings. The van der Waals surface area contributed by atoms with E-state index < -0.39 is 36.3 Å². The maximum absolute atomic E-state index is 13.1. The first kappa shape index (κ1) is 13.4. The van der Waals surface area contributed by atoms with Gasteiger partial charge in [-0.3, -0.25) is 14.5 Å². The van der Waals surface area contributed by atoms with Gasteiger partial charge in [-0.25, -0.2) is 8.78 Å². The largest absolute Gasteiger partial charge is 0.390 e. The summed E-state index contributed by atoms with van der Waals surface area (Å²) in [5, 5.41) is 8.53. The van der Waals surface area contributed by atoms with E-state index in [4.69, 9.17) is 5.11 Å². The first-order chi connectivity index (χ1) is 8.40. The van der Waals surface area contributed by atoms with Crippen LogP contribution < -0.4 is 0 Å². The van der Waals surface area contributed by atoms with Crippen LogP contribution in [0.1, 0.15) is 38.5 Å². The maximum Gasteiger partial charge on any atom is 0.288 e. The molecule has 4 nitrogen and oxygen atoms in total. The highest BCUT2D eigenvalue weighted by molar-refractivity contribution is 6.06. The summed E-state index contributed by atoms with van der Waals surface area (Å²) in [4.78, 5) is 24.6. The summed E-state index contributed by atoms with van der Waals surface area (Å²) >= 11 is 0. The lowest BCUT2D eigenvalue weighted by Gasteiger charge is -2.31. The monoisotopic (exact) mass is 261 g/mol. The van der Waals surface area contributed by atoms with E-state index in [1.54, 1.807) is 0 Å². The molecule has 2 amide bonds. The number of carbonyl (C=O) groups excluding carboxylic acids is 2. The van der Waals surface area contributed by atoms with Gasteiger partial charge in [0.1, 0.15) is 6.61 Å². The number of nitrogens with zero attached hydrogens (tertiary/aromatic N) is 1. The second-order valence-corrected chi connectivity index (χ2v) is 5.32. The molecule has 0 atom stereocenters. The van der Waals surface area contributed by atoms with Crippen molar-refractivity contribution in [3.8, 4) is 0 Å². The average molecular weight is 261 g/mol. The van der Waals surface area contributed by atoms with Gasteiger partial charge in [-0.2, -0.15) is 0 Å². The average Bonchev–Trinajstić information content (AvgIpc) is 2.55. The fourth-order valence-electron chi connectivity index (χ4n) is 2.92. The van der Waals surface area contributed by atoms with Gasteiger partial charge in [-0.15, -0.1) is 0 Å². The van der Waals surface area contributed by atoms with Crippen molar-refractivity contribution >= 4 is 11.8 Å². The quantitative estimate of drug-likeness (QED) is 0.780. The molecule has 0 aromatic heterocycles. The highest BCUT2D eigenvalue weighted by Gasteiger charge is 2.53. The van der Waals surface area contributed by atoms with Gasteiger partial charge in [-0.05, 0) is 12.8 Å². The van der Waals surface area contributed by atoms with Crippen LogP contribution >= 0.6 is 0 Å². The SMILES string of the molecule is O=C1CC2(CCCCC2)C(=O)N1CC(F)(F)CO. The van der Waals surface area contributed by atoms with Gasteiger partial charge in [0, 0.05) is 6.42 Å². The molecule has 0 bridgehead atoms. The Morgan fingerprint density at radius 2 is 1.83 bits per heavy atom. The molecule has 0 aromatic rings. The van der Waals surface area contributed by atoms with Crippen molar-refractivity contribution in [3.05, 3.63) is 0 Å². The maximum atomic E-state index is 13.1. The minimum absolute atomic E-state index is 0.0490. The Bertz CT molecular complexity index is 364. The topological polar surface area (TPSA) is 57.6 Å². The van der Waals surface area contributed by atoms with E-state index in [1.165, 1.54) is 0 Å². The number of alkyl halides is 2. The molecule has 1 N–H and O–H groups in total. The van der Waals surface area contributed by atoms with Crippen molar-refractivity contribution in [1.82, 2.24) is 4.90 Å². The van der Waals surface area contributed by atoms with E-state index in [0.717, 1.165) is 19.3 Å². The summed E-state index contributed by atoms with van der Waals surface area (Å²) in [7, 11) is 0. The van der Waals surface area contributed by atoms with Crippen LogP contribution in [-0.4, -0.2) is 40.9 Å². The van der Waals surface area contributed by atoms with Crippen molar-refractivity contribution in [1.29, 1.82) is 0 Å². The zero-order chi connectivity index (χ0) is 13.4. The predicted molar refractivity (Wildman–Crippen MR) is 58.9 cm³/mol. The highest BCUT2D eigenvalue weighted by atomic mass is 19.3. The van der Waals surface area contributed by atoms with E-state index >= 15 is 0 Å². The van der Waals surface area contributed by atoms with E-state index in [2.05, 4.69) is 0 Å². The number of aliphatic hydroxyl groups is 1. The number of carbonyl (C=O) groups is 2. The molecule has 6 heteroatoms. The summed E-state index contributed by atoms with van der Waals surface area (Å²) in [6.45, 7) is -2.35. The zero-order valence-electron chi connectivity index (χ0n) is 10.1. The molecule has 1 aliphatic heterocycles. The Morgan fingerprint density at radius 3 is 2.39 bits per heavy atom. The summed E-state index contributed by atoms with van der Waals surface area (Å²) < 4.78 is 26.2. The number of hydrogen-bond acceptors (Lipinski definition) is 3. The summed E-state index contributed by atoms with van der Waals surface area (Å²) in [6, 6.07) is 0. The van der Waals surface area contributed by atoms with E-state index in [0.29, 0.717) is 17.7 Å². The first-order valence-electron chi connectivity index (χ1n) is 6.24. The Kier molecular flexibility index (Phi) is 3.40. The van der Waals surface area contributed by atoms with E-state index in [1.807, 2.05) is 0 Å². The number of rotatable bonds is 3. The van der Waals surface area contributed by atoms with Crippen LogP contribution in [-0.2, 0) is 9.59 Å². The van der Waals surface area contributed by atoms with Crippen LogP contribution in [0.15, 0.2) is 0 Å². The van der Waals surface area contributed by atoms with Crippen molar-refractivity contribution in [2.75, 3.05) is 13.2 Å². The second-order valence-electron chi connectivity index (χ2n) is 5.32. The third-order valence-corrected chi connectivity index (χ3v) is 3.92. The molecule has 0 aromatic carbocycles. The number of amides is 2. The molecular weight excluding hydrogens is 244 g/mol. The molecule has 102 valence electrons. The van der Waals surface area contributed by atoms with Crippen LogP contribution in [0.25, 0.3) is 0 Å². The summed E-state index contributed by atoms with van der Waals surface area (Å²) in [5.74, 6) is -4.42. The third-order valence-electron chi connectivity index (χ3n) is 3.92. The Hall–Kier alpha value is -1.04. The minimum atomic E-state index is -3.41. The Morgan fingerprint density at radius 1 is 1.22 bits per heavy atom. The lowest BCUT2D eigenvalue weighted by atomic mass is 9.73. The molecule has 1 aliphatic carbocycles. The van der Waals surface area contributed by atoms with Gasteiger partial charge < -0.3 is 5.11 Å². The molecule has 1 saturated carbocycles. The Balaban J connectivity index is 2.14. The van der Waals surface area contributed by atoms with Gasteiger partial charge in [0.25, 0.3) is 5.92 Å². The van der Waals surface area contributed by atoms with Crippen molar-refractivity contribution in [2.45, 2.75) is 44.4 Å². The molecule has 1 saturated heterocycles. The van der Waals surface area contributed by atoms with Gasteiger partial charge in [0.05, 0.1) is 12.0 Å². The lowest BCUT2D eigenvalue weighted by molar-refractivity contribution is -0.150. The van der Waals surface area contributed by atoms with Gasteiger partial charge in [0.2, 0.25) is 11.8 Å². The predicted octanol–water partition coefficient (Wildman–Crippen LogP) is 1.32. The second kappa shape index (κ2) is 4.57. The smallest absolute Gasteiger partial charge is 0.288 e. The summed E-state index contributed by atoms with van der Waals surface area (Å²) in [6.07, 6.45) is 4.02. The normalized spacial score (nSPS) is 24.1. The van der Waals surface area contributed by atoms with Crippen molar-refractivity contribution < 1.29 is 23.5 Å². The number of halogens is 2. The molecule has 1 spiro atoms. The molecule has 2 rings (SSSR count). The molecule has 1 heterocycles. The molecular formula is C12H17F2NO3. The fourth-order valence-corrected chi connectivity index (χ4v) is 2.92. The minimum Gasteiger partial charge on any atom is -0.390 e.